The number of aryl methyl sites for hydroxylation is 1. The molecule has 0 fully saturated rings. The van der Waals surface area contributed by atoms with Crippen molar-refractivity contribution >= 4 is 5.82 Å². The summed E-state index contributed by atoms with van der Waals surface area (Å²) < 4.78 is 0. The number of fused-ring (bicyclic) bond motifs is 1. The summed E-state index contributed by atoms with van der Waals surface area (Å²) in [4.78, 5) is 12.6. The lowest BCUT2D eigenvalue weighted by atomic mass is 10.2. The summed E-state index contributed by atoms with van der Waals surface area (Å²) in [5, 5.41) is 3.38. The zero-order valence-corrected chi connectivity index (χ0v) is 9.56. The zero-order valence-electron chi connectivity index (χ0n) is 9.56. The highest BCUT2D eigenvalue weighted by Gasteiger charge is 2.16. The fraction of sp³-hybridized carbons (Fsp3) is 0.308. The van der Waals surface area contributed by atoms with E-state index in [1.807, 2.05) is 12.1 Å². The molecule has 4 heteroatoms. The third-order valence-corrected chi connectivity index (χ3v) is 3.08. The van der Waals surface area contributed by atoms with Gasteiger partial charge in [-0.05, 0) is 37.0 Å². The number of hydrogen-bond donors (Lipinski definition) is 1. The fourth-order valence-electron chi connectivity index (χ4n) is 2.20. The second kappa shape index (κ2) is 4.49. The minimum atomic E-state index is 0.784. The highest BCUT2D eigenvalue weighted by Crippen LogP contribution is 2.25. The summed E-state index contributed by atoms with van der Waals surface area (Å²) in [6.45, 7) is 0.784. The predicted octanol–water partition coefficient (Wildman–Crippen LogP) is 1.97. The second-order valence-corrected chi connectivity index (χ2v) is 4.21. The van der Waals surface area contributed by atoms with E-state index < -0.39 is 0 Å². The van der Waals surface area contributed by atoms with Crippen LogP contribution in [0.15, 0.2) is 30.9 Å². The van der Waals surface area contributed by atoms with Gasteiger partial charge in [-0.3, -0.25) is 4.98 Å². The number of aromatic nitrogens is 3. The summed E-state index contributed by atoms with van der Waals surface area (Å²) in [5.41, 5.74) is 3.71. The molecule has 1 N–H and O–H groups in total. The fourth-order valence-corrected chi connectivity index (χ4v) is 2.20. The highest BCUT2D eigenvalue weighted by atomic mass is 15.0. The molecule has 0 aliphatic heterocycles. The van der Waals surface area contributed by atoms with Crippen LogP contribution in [0.5, 0.6) is 0 Å². The Kier molecular flexibility index (Phi) is 2.69. The Hall–Kier alpha value is -1.97. The van der Waals surface area contributed by atoms with Crippen molar-refractivity contribution in [3.8, 4) is 0 Å². The molecule has 2 aromatic rings. The van der Waals surface area contributed by atoms with Crippen molar-refractivity contribution in [2.45, 2.75) is 25.8 Å². The second-order valence-electron chi connectivity index (χ2n) is 4.21. The maximum atomic E-state index is 4.33. The molecule has 17 heavy (non-hydrogen) atoms. The van der Waals surface area contributed by atoms with Crippen molar-refractivity contribution in [1.82, 2.24) is 15.0 Å². The van der Waals surface area contributed by atoms with Gasteiger partial charge in [-0.1, -0.05) is 0 Å². The minimum Gasteiger partial charge on any atom is -0.366 e. The van der Waals surface area contributed by atoms with Gasteiger partial charge in [0.2, 0.25) is 0 Å². The Morgan fingerprint density at radius 2 is 2.00 bits per heavy atom. The van der Waals surface area contributed by atoms with Crippen molar-refractivity contribution in [2.75, 3.05) is 5.32 Å². The lowest BCUT2D eigenvalue weighted by Crippen LogP contribution is -2.05. The van der Waals surface area contributed by atoms with Crippen molar-refractivity contribution in [3.05, 3.63) is 47.7 Å². The molecule has 1 aliphatic rings. The Morgan fingerprint density at radius 1 is 1.12 bits per heavy atom. The lowest BCUT2D eigenvalue weighted by molar-refractivity contribution is 0.899. The van der Waals surface area contributed by atoms with E-state index in [0.29, 0.717) is 0 Å². The number of rotatable bonds is 3. The van der Waals surface area contributed by atoms with Crippen LogP contribution in [-0.2, 0) is 19.4 Å². The van der Waals surface area contributed by atoms with Crippen molar-refractivity contribution in [3.63, 3.8) is 0 Å². The Bertz CT molecular complexity index is 510. The quantitative estimate of drug-likeness (QED) is 0.869. The zero-order chi connectivity index (χ0) is 11.5. The van der Waals surface area contributed by atoms with Crippen LogP contribution in [0.2, 0.25) is 0 Å². The molecule has 0 saturated heterocycles. The highest BCUT2D eigenvalue weighted by molar-refractivity contribution is 5.48. The van der Waals surface area contributed by atoms with Crippen LogP contribution >= 0.6 is 0 Å². The maximum Gasteiger partial charge on any atom is 0.133 e. The molecule has 0 radical (unpaired) electrons. The molecular weight excluding hydrogens is 212 g/mol. The van der Waals surface area contributed by atoms with Crippen molar-refractivity contribution in [1.29, 1.82) is 0 Å². The first-order chi connectivity index (χ1) is 8.43. The number of anilines is 1. The van der Waals surface area contributed by atoms with Gasteiger partial charge in [0.15, 0.2) is 0 Å². The Morgan fingerprint density at radius 3 is 2.88 bits per heavy atom. The van der Waals surface area contributed by atoms with Gasteiger partial charge in [-0.2, -0.15) is 0 Å². The number of pyridine rings is 1. The average molecular weight is 226 g/mol. The summed E-state index contributed by atoms with van der Waals surface area (Å²) in [6, 6.07) is 4.02. The van der Waals surface area contributed by atoms with E-state index in [2.05, 4.69) is 20.3 Å². The van der Waals surface area contributed by atoms with E-state index in [-0.39, 0.29) is 0 Å². The van der Waals surface area contributed by atoms with Gasteiger partial charge in [0.05, 0.1) is 0 Å². The van der Waals surface area contributed by atoms with Crippen LogP contribution in [0.4, 0.5) is 5.82 Å². The SMILES string of the molecule is c1cc(CNc2ncnc3c2CCC3)ccn1. The molecule has 3 rings (SSSR count). The first-order valence-electron chi connectivity index (χ1n) is 5.89. The monoisotopic (exact) mass is 226 g/mol. The smallest absolute Gasteiger partial charge is 0.133 e. The predicted molar refractivity (Wildman–Crippen MR) is 65.6 cm³/mol. The summed E-state index contributed by atoms with van der Waals surface area (Å²) in [7, 11) is 0. The average Bonchev–Trinajstić information content (AvgIpc) is 2.86. The van der Waals surface area contributed by atoms with Gasteiger partial charge < -0.3 is 5.32 Å². The van der Waals surface area contributed by atoms with Crippen LogP contribution in [0.1, 0.15) is 23.2 Å². The maximum absolute atomic E-state index is 4.33. The number of hydrogen-bond acceptors (Lipinski definition) is 4. The number of nitrogens with zero attached hydrogens (tertiary/aromatic N) is 3. The molecule has 0 spiro atoms. The molecular formula is C13H14N4. The van der Waals surface area contributed by atoms with E-state index in [1.54, 1.807) is 18.7 Å². The van der Waals surface area contributed by atoms with Gasteiger partial charge in [-0.15, -0.1) is 0 Å². The summed E-state index contributed by atoms with van der Waals surface area (Å²) >= 11 is 0. The first kappa shape index (κ1) is 10.2. The molecule has 86 valence electrons. The van der Waals surface area contributed by atoms with Crippen molar-refractivity contribution < 1.29 is 0 Å². The normalized spacial score (nSPS) is 13.4. The third kappa shape index (κ3) is 2.11. The molecule has 4 nitrogen and oxygen atoms in total. The largest absolute Gasteiger partial charge is 0.366 e. The van der Waals surface area contributed by atoms with E-state index in [4.69, 9.17) is 0 Å². The van der Waals surface area contributed by atoms with Gasteiger partial charge in [-0.25, -0.2) is 9.97 Å². The molecule has 1 aliphatic carbocycles. The number of nitrogens with one attached hydrogen (secondary N) is 1. The third-order valence-electron chi connectivity index (χ3n) is 3.08. The molecule has 0 saturated carbocycles. The first-order valence-corrected chi connectivity index (χ1v) is 5.89. The molecule has 2 heterocycles. The molecule has 2 aromatic heterocycles. The lowest BCUT2D eigenvalue weighted by Gasteiger charge is -2.09. The van der Waals surface area contributed by atoms with Crippen LogP contribution in [0.25, 0.3) is 0 Å². The molecule has 0 bridgehead atoms. The van der Waals surface area contributed by atoms with Gasteiger partial charge in [0.25, 0.3) is 0 Å². The van der Waals surface area contributed by atoms with E-state index in [0.717, 1.165) is 25.2 Å². The van der Waals surface area contributed by atoms with Gasteiger partial charge >= 0.3 is 0 Å². The summed E-state index contributed by atoms with van der Waals surface area (Å²) in [5.74, 6) is 0.990. The molecule has 0 aromatic carbocycles. The van der Waals surface area contributed by atoms with E-state index >= 15 is 0 Å². The molecule has 0 amide bonds. The van der Waals surface area contributed by atoms with Crippen LogP contribution in [0.3, 0.4) is 0 Å². The summed E-state index contributed by atoms with van der Waals surface area (Å²) in [6.07, 6.45) is 8.64. The molecule has 0 atom stereocenters. The molecule has 0 unspecified atom stereocenters. The van der Waals surface area contributed by atoms with E-state index in [1.165, 1.54) is 23.2 Å². The Balaban J connectivity index is 1.76. The van der Waals surface area contributed by atoms with Crippen LogP contribution in [-0.4, -0.2) is 15.0 Å². The van der Waals surface area contributed by atoms with Gasteiger partial charge in [0, 0.05) is 30.2 Å². The standard InChI is InChI=1S/C13H14N4/c1-2-11-12(3-1)16-9-17-13(11)15-8-10-4-6-14-7-5-10/h4-7,9H,1-3,8H2,(H,15,16,17). The van der Waals surface area contributed by atoms with Crippen molar-refractivity contribution in [2.24, 2.45) is 0 Å². The Labute approximate surface area is 100 Å². The van der Waals surface area contributed by atoms with Crippen LogP contribution in [0, 0.1) is 0 Å². The topological polar surface area (TPSA) is 50.7 Å². The minimum absolute atomic E-state index is 0.784. The van der Waals surface area contributed by atoms with Gasteiger partial charge in [0.1, 0.15) is 12.1 Å². The van der Waals surface area contributed by atoms with E-state index in [9.17, 15) is 0 Å². The van der Waals surface area contributed by atoms with Crippen LogP contribution < -0.4 is 5.32 Å².